The van der Waals surface area contributed by atoms with Crippen molar-refractivity contribution >= 4 is 40.8 Å². The topological polar surface area (TPSA) is 12.0 Å². The Morgan fingerprint density at radius 3 is 2.47 bits per heavy atom. The molecule has 17 heavy (non-hydrogen) atoms. The van der Waals surface area contributed by atoms with Gasteiger partial charge in [-0.3, -0.25) is 0 Å². The van der Waals surface area contributed by atoms with Crippen LogP contribution in [0.5, 0.6) is 0 Å². The van der Waals surface area contributed by atoms with E-state index in [2.05, 4.69) is 4.72 Å². The first-order chi connectivity index (χ1) is 8.25. The van der Waals surface area contributed by atoms with E-state index in [0.717, 1.165) is 15.7 Å². The molecule has 0 bridgehead atoms. The van der Waals surface area contributed by atoms with Crippen LogP contribution in [0.4, 0.5) is 5.69 Å². The molecular formula is C13H17Cl2NS. The Bertz CT molecular complexity index is 362. The number of hydrogen-bond donors (Lipinski definition) is 1. The van der Waals surface area contributed by atoms with E-state index in [4.69, 9.17) is 23.2 Å². The maximum Gasteiger partial charge on any atom is 0.0646 e. The molecule has 0 aliphatic heterocycles. The molecule has 0 spiro atoms. The fourth-order valence-corrected chi connectivity index (χ4v) is 3.51. The van der Waals surface area contributed by atoms with Gasteiger partial charge in [0.25, 0.3) is 0 Å². The summed E-state index contributed by atoms with van der Waals surface area (Å²) in [7, 11) is 0. The molecule has 1 aromatic carbocycles. The maximum absolute atomic E-state index is 6.11. The third-order valence-electron chi connectivity index (χ3n) is 3.07. The molecule has 0 heterocycles. The summed E-state index contributed by atoms with van der Waals surface area (Å²) in [6, 6.07) is 5.53. The van der Waals surface area contributed by atoms with Gasteiger partial charge in [0.2, 0.25) is 0 Å². The number of anilines is 1. The van der Waals surface area contributed by atoms with Crippen LogP contribution in [0.15, 0.2) is 18.2 Å². The van der Waals surface area contributed by atoms with Gasteiger partial charge in [-0.15, -0.1) is 0 Å². The van der Waals surface area contributed by atoms with Crippen LogP contribution < -0.4 is 4.72 Å². The van der Waals surface area contributed by atoms with Crippen LogP contribution in [0.2, 0.25) is 10.0 Å². The third kappa shape index (κ3) is 4.27. The lowest BCUT2D eigenvalue weighted by atomic mass is 10.2. The van der Waals surface area contributed by atoms with Crippen LogP contribution in [0.1, 0.15) is 38.5 Å². The van der Waals surface area contributed by atoms with Gasteiger partial charge >= 0.3 is 0 Å². The second-order valence-electron chi connectivity index (χ2n) is 4.46. The predicted molar refractivity (Wildman–Crippen MR) is 79.2 cm³/mol. The van der Waals surface area contributed by atoms with Crippen LogP contribution >= 0.6 is 35.1 Å². The highest BCUT2D eigenvalue weighted by Crippen LogP contribution is 2.32. The Kier molecular flexibility index (Phi) is 5.33. The van der Waals surface area contributed by atoms with Crippen LogP contribution in [0.25, 0.3) is 0 Å². The van der Waals surface area contributed by atoms with Gasteiger partial charge in [0.05, 0.1) is 10.7 Å². The van der Waals surface area contributed by atoms with E-state index >= 15 is 0 Å². The second-order valence-corrected chi connectivity index (χ2v) is 6.41. The normalized spacial score (nSPS) is 17.8. The molecule has 0 unspecified atom stereocenters. The first-order valence-electron chi connectivity index (χ1n) is 6.12. The monoisotopic (exact) mass is 289 g/mol. The molecule has 1 saturated carbocycles. The molecule has 0 aromatic heterocycles. The molecule has 0 atom stereocenters. The quantitative estimate of drug-likeness (QED) is 0.559. The molecule has 2 rings (SSSR count). The summed E-state index contributed by atoms with van der Waals surface area (Å²) < 4.78 is 3.35. The van der Waals surface area contributed by atoms with Crippen LogP contribution in [-0.4, -0.2) is 5.25 Å². The molecule has 1 aliphatic rings. The standard InChI is InChI=1S/C13H17Cl2NS/c14-10-7-8-12(15)13(9-10)16-17-11-5-3-1-2-4-6-11/h7-9,11,16H,1-6H2. The Labute approximate surface area is 117 Å². The van der Waals surface area contributed by atoms with E-state index in [1.54, 1.807) is 11.9 Å². The number of nitrogens with one attached hydrogen (secondary N) is 1. The van der Waals surface area contributed by atoms with Gasteiger partial charge in [-0.1, -0.05) is 48.9 Å². The molecule has 0 saturated heterocycles. The van der Waals surface area contributed by atoms with E-state index in [9.17, 15) is 0 Å². The summed E-state index contributed by atoms with van der Waals surface area (Å²) in [6.07, 6.45) is 8.07. The van der Waals surface area contributed by atoms with E-state index in [1.165, 1.54) is 38.5 Å². The highest BCUT2D eigenvalue weighted by molar-refractivity contribution is 8.01. The lowest BCUT2D eigenvalue weighted by Crippen LogP contribution is -2.04. The molecule has 4 heteroatoms. The Balaban J connectivity index is 1.89. The van der Waals surface area contributed by atoms with Gasteiger partial charge in [-0.05, 0) is 43.0 Å². The van der Waals surface area contributed by atoms with Gasteiger partial charge in [0.1, 0.15) is 0 Å². The van der Waals surface area contributed by atoms with Gasteiger partial charge in [-0.25, -0.2) is 0 Å². The fourth-order valence-electron chi connectivity index (χ4n) is 2.08. The molecule has 94 valence electrons. The van der Waals surface area contributed by atoms with Gasteiger partial charge in [0.15, 0.2) is 0 Å². The second kappa shape index (κ2) is 6.77. The number of halogens is 2. The highest BCUT2D eigenvalue weighted by Gasteiger charge is 2.13. The number of hydrogen-bond acceptors (Lipinski definition) is 2. The van der Waals surface area contributed by atoms with E-state index in [1.807, 2.05) is 18.2 Å². The molecular weight excluding hydrogens is 273 g/mol. The lowest BCUT2D eigenvalue weighted by Gasteiger charge is -2.15. The summed E-state index contributed by atoms with van der Waals surface area (Å²) in [4.78, 5) is 0. The van der Waals surface area contributed by atoms with Crippen LogP contribution in [0.3, 0.4) is 0 Å². The number of rotatable bonds is 3. The van der Waals surface area contributed by atoms with E-state index in [0.29, 0.717) is 5.25 Å². The molecule has 1 aliphatic carbocycles. The van der Waals surface area contributed by atoms with Crippen molar-refractivity contribution in [2.45, 2.75) is 43.8 Å². The average molecular weight is 290 g/mol. The molecule has 1 nitrogen and oxygen atoms in total. The minimum atomic E-state index is 0.701. The van der Waals surface area contributed by atoms with Crippen molar-refractivity contribution in [1.82, 2.24) is 0 Å². The summed E-state index contributed by atoms with van der Waals surface area (Å²) >= 11 is 13.9. The molecule has 1 N–H and O–H groups in total. The molecule has 1 fully saturated rings. The van der Waals surface area contributed by atoms with Gasteiger partial charge in [-0.2, -0.15) is 0 Å². The van der Waals surface area contributed by atoms with Crippen LogP contribution in [-0.2, 0) is 0 Å². The Hall–Kier alpha value is -0.0500. The number of benzene rings is 1. The summed E-state index contributed by atoms with van der Waals surface area (Å²) in [5.74, 6) is 0. The molecule has 0 radical (unpaired) electrons. The van der Waals surface area contributed by atoms with E-state index < -0.39 is 0 Å². The average Bonchev–Trinajstić information content (AvgIpc) is 2.59. The van der Waals surface area contributed by atoms with Crippen molar-refractivity contribution in [3.63, 3.8) is 0 Å². The van der Waals surface area contributed by atoms with Crippen molar-refractivity contribution in [2.75, 3.05) is 4.72 Å². The smallest absolute Gasteiger partial charge is 0.0646 e. The Morgan fingerprint density at radius 2 is 1.76 bits per heavy atom. The van der Waals surface area contributed by atoms with Crippen molar-refractivity contribution < 1.29 is 0 Å². The lowest BCUT2D eigenvalue weighted by molar-refractivity contribution is 0.702. The molecule has 0 amide bonds. The van der Waals surface area contributed by atoms with Gasteiger partial charge < -0.3 is 4.72 Å². The summed E-state index contributed by atoms with van der Waals surface area (Å²) in [5, 5.41) is 2.15. The Morgan fingerprint density at radius 1 is 1.06 bits per heavy atom. The SMILES string of the molecule is Clc1ccc(Cl)c(NSC2CCCCCC2)c1. The van der Waals surface area contributed by atoms with Crippen molar-refractivity contribution in [1.29, 1.82) is 0 Å². The third-order valence-corrected chi connectivity index (χ3v) is 4.77. The predicted octanol–water partition coefficient (Wildman–Crippen LogP) is 5.78. The van der Waals surface area contributed by atoms with Crippen molar-refractivity contribution in [3.8, 4) is 0 Å². The maximum atomic E-state index is 6.11. The van der Waals surface area contributed by atoms with E-state index in [-0.39, 0.29) is 0 Å². The highest BCUT2D eigenvalue weighted by atomic mass is 35.5. The summed E-state index contributed by atoms with van der Waals surface area (Å²) in [6.45, 7) is 0. The molecule has 1 aromatic rings. The summed E-state index contributed by atoms with van der Waals surface area (Å²) in [5.41, 5.74) is 0.924. The first-order valence-corrected chi connectivity index (χ1v) is 7.76. The first kappa shape index (κ1) is 13.4. The zero-order chi connectivity index (χ0) is 12.1. The van der Waals surface area contributed by atoms with Crippen molar-refractivity contribution in [3.05, 3.63) is 28.2 Å². The van der Waals surface area contributed by atoms with Crippen LogP contribution in [0, 0.1) is 0 Å². The minimum Gasteiger partial charge on any atom is -0.328 e. The fraction of sp³-hybridized carbons (Fsp3) is 0.538. The van der Waals surface area contributed by atoms with Gasteiger partial charge in [0, 0.05) is 10.3 Å². The van der Waals surface area contributed by atoms with Crippen molar-refractivity contribution in [2.24, 2.45) is 0 Å². The minimum absolute atomic E-state index is 0.701. The largest absolute Gasteiger partial charge is 0.328 e. The zero-order valence-electron chi connectivity index (χ0n) is 9.72. The zero-order valence-corrected chi connectivity index (χ0v) is 12.0.